The van der Waals surface area contributed by atoms with Crippen LogP contribution in [0, 0.1) is 0 Å². The van der Waals surface area contributed by atoms with E-state index in [1.807, 2.05) is 18.2 Å². The number of hydrogen-bond acceptors (Lipinski definition) is 5. The number of benzene rings is 1. The van der Waals surface area contributed by atoms with Gasteiger partial charge in [0.25, 0.3) is 5.56 Å². The molecule has 0 spiro atoms. The van der Waals surface area contributed by atoms with Crippen LogP contribution in [0.4, 0.5) is 5.82 Å². The molecule has 2 N–H and O–H groups in total. The molecular weight excluding hydrogens is 312 g/mol. The summed E-state index contributed by atoms with van der Waals surface area (Å²) in [4.78, 5) is 25.6. The average Bonchev–Trinajstić information content (AvgIpc) is 3.06. The normalized spacial score (nSPS) is 18.2. The van der Waals surface area contributed by atoms with E-state index in [4.69, 9.17) is 9.47 Å². The third kappa shape index (κ3) is 2.26. The predicted molar refractivity (Wildman–Crippen MR) is 86.3 cm³/mol. The molecule has 0 bridgehead atoms. The summed E-state index contributed by atoms with van der Waals surface area (Å²) in [5.74, 6) is 2.15. The van der Waals surface area contributed by atoms with Crippen LogP contribution in [0.1, 0.15) is 11.1 Å². The van der Waals surface area contributed by atoms with E-state index in [9.17, 15) is 9.59 Å². The van der Waals surface area contributed by atoms with Crippen LogP contribution in [0.15, 0.2) is 27.8 Å². The zero-order chi connectivity index (χ0) is 16.8. The minimum atomic E-state index is -0.314. The largest absolute Gasteiger partial charge is 0.454 e. The highest BCUT2D eigenvalue weighted by Crippen LogP contribution is 2.32. The lowest BCUT2D eigenvalue weighted by molar-refractivity contribution is -0.926. The van der Waals surface area contributed by atoms with Crippen molar-refractivity contribution >= 4 is 5.82 Å². The molecule has 4 rings (SSSR count). The molecule has 0 amide bonds. The van der Waals surface area contributed by atoms with Gasteiger partial charge in [-0.05, 0) is 18.2 Å². The van der Waals surface area contributed by atoms with Crippen molar-refractivity contribution in [2.45, 2.75) is 13.1 Å². The second-order valence-electron chi connectivity index (χ2n) is 6.18. The number of rotatable bonds is 2. The lowest BCUT2D eigenvalue weighted by Gasteiger charge is -2.28. The molecule has 8 heteroatoms. The zero-order valence-corrected chi connectivity index (χ0v) is 13.6. The Bertz CT molecular complexity index is 931. The maximum absolute atomic E-state index is 12.4. The summed E-state index contributed by atoms with van der Waals surface area (Å²) in [5.41, 5.74) is 1.21. The highest BCUT2D eigenvalue weighted by atomic mass is 16.7. The Kier molecular flexibility index (Phi) is 3.34. The average molecular weight is 331 g/mol. The van der Waals surface area contributed by atoms with Gasteiger partial charge in [-0.1, -0.05) is 0 Å². The van der Waals surface area contributed by atoms with E-state index >= 15 is 0 Å². The minimum absolute atomic E-state index is 0.233. The molecule has 3 heterocycles. The number of hydrogen-bond donors (Lipinski definition) is 2. The summed E-state index contributed by atoms with van der Waals surface area (Å²) in [5, 5.41) is 3.22. The molecule has 0 saturated heterocycles. The van der Waals surface area contributed by atoms with Gasteiger partial charge < -0.3 is 19.7 Å². The Labute approximate surface area is 137 Å². The Hall–Kier alpha value is -2.74. The SMILES string of the molecule is Cn1c2c(c(=O)n(C)c1=O)C[NH+](Cc1ccc3c(c1)OCO3)CN2. The lowest BCUT2D eigenvalue weighted by Crippen LogP contribution is -3.11. The van der Waals surface area contributed by atoms with Crippen LogP contribution >= 0.6 is 0 Å². The summed E-state index contributed by atoms with van der Waals surface area (Å²) in [6.07, 6.45) is 0. The fourth-order valence-electron chi connectivity index (χ4n) is 3.28. The van der Waals surface area contributed by atoms with Crippen LogP contribution in [0.2, 0.25) is 0 Å². The van der Waals surface area contributed by atoms with Gasteiger partial charge in [-0.15, -0.1) is 0 Å². The first-order valence-electron chi connectivity index (χ1n) is 7.79. The van der Waals surface area contributed by atoms with Crippen LogP contribution in [-0.2, 0) is 27.2 Å². The van der Waals surface area contributed by atoms with Gasteiger partial charge in [-0.2, -0.15) is 0 Å². The van der Waals surface area contributed by atoms with Gasteiger partial charge in [0.2, 0.25) is 6.79 Å². The van der Waals surface area contributed by atoms with Crippen molar-refractivity contribution in [3.05, 3.63) is 50.2 Å². The number of aromatic nitrogens is 2. The molecule has 1 unspecified atom stereocenters. The first-order valence-corrected chi connectivity index (χ1v) is 7.79. The summed E-state index contributed by atoms with van der Waals surface area (Å²) in [7, 11) is 3.19. The Balaban J connectivity index is 1.61. The Morgan fingerprint density at radius 3 is 2.79 bits per heavy atom. The van der Waals surface area contributed by atoms with Gasteiger partial charge in [0.05, 0.1) is 0 Å². The third-order valence-electron chi connectivity index (χ3n) is 4.58. The Morgan fingerprint density at radius 1 is 1.17 bits per heavy atom. The molecule has 2 aliphatic rings. The van der Waals surface area contributed by atoms with Gasteiger partial charge >= 0.3 is 5.69 Å². The van der Waals surface area contributed by atoms with E-state index in [0.29, 0.717) is 24.6 Å². The molecule has 24 heavy (non-hydrogen) atoms. The molecule has 1 aromatic heterocycles. The maximum Gasteiger partial charge on any atom is 0.332 e. The van der Waals surface area contributed by atoms with E-state index in [-0.39, 0.29) is 18.0 Å². The molecule has 8 nitrogen and oxygen atoms in total. The maximum atomic E-state index is 12.4. The lowest BCUT2D eigenvalue weighted by atomic mass is 10.1. The van der Waals surface area contributed by atoms with Crippen LogP contribution in [0.25, 0.3) is 0 Å². The molecule has 0 aliphatic carbocycles. The van der Waals surface area contributed by atoms with Crippen molar-refractivity contribution in [3.63, 3.8) is 0 Å². The van der Waals surface area contributed by atoms with Gasteiger partial charge in [0.1, 0.15) is 24.5 Å². The molecule has 1 aromatic carbocycles. The summed E-state index contributed by atoms with van der Waals surface area (Å²) >= 11 is 0. The van der Waals surface area contributed by atoms with Crippen molar-refractivity contribution in [2.24, 2.45) is 14.1 Å². The third-order valence-corrected chi connectivity index (χ3v) is 4.58. The highest BCUT2D eigenvalue weighted by molar-refractivity contribution is 5.45. The molecule has 126 valence electrons. The van der Waals surface area contributed by atoms with Gasteiger partial charge in [0, 0.05) is 19.7 Å². The molecule has 1 atom stereocenters. The quantitative estimate of drug-likeness (QED) is 0.721. The second kappa shape index (κ2) is 5.41. The highest BCUT2D eigenvalue weighted by Gasteiger charge is 2.26. The van der Waals surface area contributed by atoms with Gasteiger partial charge in [-0.25, -0.2) is 4.79 Å². The van der Waals surface area contributed by atoms with Crippen LogP contribution < -0.4 is 30.9 Å². The fourth-order valence-corrected chi connectivity index (χ4v) is 3.28. The van der Waals surface area contributed by atoms with Gasteiger partial charge in [-0.3, -0.25) is 13.9 Å². The summed E-state index contributed by atoms with van der Waals surface area (Å²) < 4.78 is 13.4. The zero-order valence-electron chi connectivity index (χ0n) is 13.6. The van der Waals surface area contributed by atoms with Crippen LogP contribution in [-0.4, -0.2) is 22.6 Å². The minimum Gasteiger partial charge on any atom is -0.454 e. The number of ether oxygens (including phenoxy) is 2. The van der Waals surface area contributed by atoms with Crippen LogP contribution in [0.3, 0.4) is 0 Å². The van der Waals surface area contributed by atoms with E-state index in [0.717, 1.165) is 28.2 Å². The Morgan fingerprint density at radius 2 is 1.96 bits per heavy atom. The first-order chi connectivity index (χ1) is 11.5. The molecule has 0 saturated carbocycles. The molecule has 2 aromatic rings. The van der Waals surface area contributed by atoms with Crippen molar-refractivity contribution in [1.29, 1.82) is 0 Å². The van der Waals surface area contributed by atoms with Crippen molar-refractivity contribution in [2.75, 3.05) is 18.8 Å². The smallest absolute Gasteiger partial charge is 0.332 e. The molecule has 0 fully saturated rings. The molecular formula is C16H19N4O4+. The van der Waals surface area contributed by atoms with E-state index in [1.165, 1.54) is 16.5 Å². The number of nitrogens with zero attached hydrogens (tertiary/aromatic N) is 2. The number of nitrogens with one attached hydrogen (secondary N) is 2. The van der Waals surface area contributed by atoms with Crippen molar-refractivity contribution in [1.82, 2.24) is 9.13 Å². The van der Waals surface area contributed by atoms with E-state index in [2.05, 4.69) is 5.32 Å². The van der Waals surface area contributed by atoms with Gasteiger partial charge in [0.15, 0.2) is 18.2 Å². The van der Waals surface area contributed by atoms with Crippen LogP contribution in [0.5, 0.6) is 11.5 Å². The summed E-state index contributed by atoms with van der Waals surface area (Å²) in [6, 6.07) is 5.89. The van der Waals surface area contributed by atoms with Crippen molar-refractivity contribution < 1.29 is 14.4 Å². The fraction of sp³-hybridized carbons (Fsp3) is 0.375. The standard InChI is InChI=1S/C16H18N4O4/c1-18-14-11(15(21)19(2)16(18)22)7-20(8-17-14)6-10-3-4-12-13(5-10)24-9-23-12/h3-5,17H,6-9H2,1-2H3/p+1. The molecule has 0 radical (unpaired) electrons. The number of fused-ring (bicyclic) bond motifs is 2. The monoisotopic (exact) mass is 331 g/mol. The van der Waals surface area contributed by atoms with E-state index < -0.39 is 0 Å². The topological polar surface area (TPSA) is 78.9 Å². The van der Waals surface area contributed by atoms with E-state index in [1.54, 1.807) is 7.05 Å². The second-order valence-corrected chi connectivity index (χ2v) is 6.18. The van der Waals surface area contributed by atoms with Crippen molar-refractivity contribution in [3.8, 4) is 11.5 Å². The molecule has 2 aliphatic heterocycles. The predicted octanol–water partition coefficient (Wildman–Crippen LogP) is -1.22. The number of quaternary nitrogens is 1. The summed E-state index contributed by atoms with van der Waals surface area (Å²) in [6.45, 7) is 2.21. The first kappa shape index (κ1) is 14.8. The number of anilines is 1.